The Hall–Kier alpha value is -2.30. The second-order valence-electron chi connectivity index (χ2n) is 7.79. The van der Waals surface area contributed by atoms with Crippen molar-refractivity contribution in [2.24, 2.45) is 0 Å². The van der Waals surface area contributed by atoms with Gasteiger partial charge in [0, 0.05) is 19.1 Å². The highest BCUT2D eigenvalue weighted by molar-refractivity contribution is 5.85. The summed E-state index contributed by atoms with van der Waals surface area (Å²) in [5.41, 5.74) is 2.42. The normalized spacial score (nSPS) is 16.1. The van der Waals surface area contributed by atoms with Crippen molar-refractivity contribution in [3.63, 3.8) is 0 Å². The first kappa shape index (κ1) is 22.4. The van der Waals surface area contributed by atoms with E-state index in [1.54, 1.807) is 6.07 Å². The summed E-state index contributed by atoms with van der Waals surface area (Å²) in [4.78, 5) is 2.40. The van der Waals surface area contributed by atoms with Crippen molar-refractivity contribution < 1.29 is 13.2 Å². The van der Waals surface area contributed by atoms with Crippen LogP contribution in [0.5, 0.6) is 0 Å². The molecule has 1 unspecified atom stereocenters. The minimum atomic E-state index is -4.30. The largest absolute Gasteiger partial charge is 0.416 e. The Bertz CT molecular complexity index is 1040. The Balaban J connectivity index is 0.00000256. The third-order valence-corrected chi connectivity index (χ3v) is 5.77. The van der Waals surface area contributed by atoms with E-state index in [4.69, 9.17) is 0 Å². The molecular formula is C25H25ClF3N. The van der Waals surface area contributed by atoms with E-state index in [1.165, 1.54) is 28.5 Å². The molecule has 158 valence electrons. The van der Waals surface area contributed by atoms with Gasteiger partial charge in [-0.2, -0.15) is 13.2 Å². The fraction of sp³-hybridized carbons (Fsp3) is 0.280. The molecule has 0 saturated heterocycles. The van der Waals surface area contributed by atoms with E-state index in [2.05, 4.69) is 54.3 Å². The Morgan fingerprint density at radius 1 is 0.933 bits per heavy atom. The monoisotopic (exact) mass is 431 g/mol. The van der Waals surface area contributed by atoms with E-state index in [1.807, 2.05) is 6.07 Å². The van der Waals surface area contributed by atoms with Gasteiger partial charge in [-0.1, -0.05) is 60.7 Å². The predicted molar refractivity (Wildman–Crippen MR) is 120 cm³/mol. The molecule has 30 heavy (non-hydrogen) atoms. The number of benzene rings is 3. The van der Waals surface area contributed by atoms with E-state index in [0.29, 0.717) is 11.6 Å². The SMILES string of the molecule is CC(Cc1ccc2ccccc2c1)N1CC=C(c2cccc(C(F)(F)F)c2)CC1.Cl. The zero-order chi connectivity index (χ0) is 20.4. The van der Waals surface area contributed by atoms with Gasteiger partial charge in [-0.15, -0.1) is 12.4 Å². The molecule has 4 rings (SSSR count). The van der Waals surface area contributed by atoms with Crippen molar-refractivity contribution in [3.8, 4) is 0 Å². The Morgan fingerprint density at radius 2 is 1.70 bits per heavy atom. The molecule has 1 aliphatic rings. The van der Waals surface area contributed by atoms with Gasteiger partial charge in [0.25, 0.3) is 0 Å². The molecule has 0 fully saturated rings. The summed E-state index contributed by atoms with van der Waals surface area (Å²) in [7, 11) is 0. The quantitative estimate of drug-likeness (QED) is 0.429. The van der Waals surface area contributed by atoms with Gasteiger partial charge in [0.1, 0.15) is 0 Å². The topological polar surface area (TPSA) is 3.24 Å². The second kappa shape index (κ2) is 9.23. The lowest BCUT2D eigenvalue weighted by Gasteiger charge is -2.32. The summed E-state index contributed by atoms with van der Waals surface area (Å²) >= 11 is 0. The average molecular weight is 432 g/mol. The van der Waals surface area contributed by atoms with Crippen molar-refractivity contribution in [1.29, 1.82) is 0 Å². The summed E-state index contributed by atoms with van der Waals surface area (Å²) < 4.78 is 38.9. The second-order valence-corrected chi connectivity index (χ2v) is 7.79. The fourth-order valence-electron chi connectivity index (χ4n) is 4.08. The van der Waals surface area contributed by atoms with Crippen LogP contribution in [0.15, 0.2) is 72.8 Å². The van der Waals surface area contributed by atoms with Crippen molar-refractivity contribution >= 4 is 28.8 Å². The van der Waals surface area contributed by atoms with Crippen molar-refractivity contribution in [3.05, 3.63) is 89.5 Å². The third-order valence-electron chi connectivity index (χ3n) is 5.77. The zero-order valence-electron chi connectivity index (χ0n) is 16.8. The van der Waals surface area contributed by atoms with Crippen LogP contribution < -0.4 is 0 Å². The van der Waals surface area contributed by atoms with Crippen LogP contribution in [0, 0.1) is 0 Å². The van der Waals surface area contributed by atoms with Crippen LogP contribution >= 0.6 is 12.4 Å². The average Bonchev–Trinajstić information content (AvgIpc) is 2.73. The molecule has 1 heterocycles. The molecule has 0 bridgehead atoms. The number of nitrogens with zero attached hydrogens (tertiary/aromatic N) is 1. The lowest BCUT2D eigenvalue weighted by Crippen LogP contribution is -2.37. The highest BCUT2D eigenvalue weighted by Gasteiger charge is 2.30. The molecule has 5 heteroatoms. The molecule has 3 aromatic carbocycles. The first-order valence-electron chi connectivity index (χ1n) is 9.98. The fourth-order valence-corrected chi connectivity index (χ4v) is 4.08. The summed E-state index contributed by atoms with van der Waals surface area (Å²) in [5.74, 6) is 0. The van der Waals surface area contributed by atoms with E-state index < -0.39 is 11.7 Å². The highest BCUT2D eigenvalue weighted by Crippen LogP contribution is 2.32. The molecule has 3 aromatic rings. The maximum absolute atomic E-state index is 13.0. The molecule has 1 nitrogen and oxygen atoms in total. The van der Waals surface area contributed by atoms with E-state index in [-0.39, 0.29) is 12.4 Å². The molecule has 1 atom stereocenters. The predicted octanol–water partition coefficient (Wildman–Crippen LogP) is 7.00. The van der Waals surface area contributed by atoms with Gasteiger partial charge in [-0.25, -0.2) is 0 Å². The van der Waals surface area contributed by atoms with Crippen LogP contribution in [0.4, 0.5) is 13.2 Å². The Labute approximate surface area is 181 Å². The Morgan fingerprint density at radius 3 is 2.40 bits per heavy atom. The minimum Gasteiger partial charge on any atom is -0.296 e. The van der Waals surface area contributed by atoms with Gasteiger partial charge in [0.05, 0.1) is 5.56 Å². The van der Waals surface area contributed by atoms with Crippen LogP contribution in [0.25, 0.3) is 16.3 Å². The van der Waals surface area contributed by atoms with Gasteiger partial charge in [0.15, 0.2) is 0 Å². The standard InChI is InChI=1S/C25H24F3N.ClH/c1-18(15-19-9-10-20-5-2-3-6-22(20)16-19)29-13-11-21(12-14-29)23-7-4-8-24(17-23)25(26,27)28;/h2-11,16-18H,12-15H2,1H3;1H. The third kappa shape index (κ3) is 5.05. The van der Waals surface area contributed by atoms with Gasteiger partial charge in [-0.3, -0.25) is 4.90 Å². The first-order chi connectivity index (χ1) is 13.9. The molecule has 0 N–H and O–H groups in total. The van der Waals surface area contributed by atoms with Gasteiger partial charge in [0.2, 0.25) is 0 Å². The molecule has 1 aliphatic heterocycles. The minimum absolute atomic E-state index is 0. The Kier molecular flexibility index (Phi) is 6.89. The number of hydrogen-bond acceptors (Lipinski definition) is 1. The van der Waals surface area contributed by atoms with Crippen LogP contribution in [-0.4, -0.2) is 24.0 Å². The molecule has 0 radical (unpaired) electrons. The summed E-state index contributed by atoms with van der Waals surface area (Å²) in [6.45, 7) is 3.84. The molecule has 0 aliphatic carbocycles. The van der Waals surface area contributed by atoms with Crippen LogP contribution in [0.3, 0.4) is 0 Å². The molecule has 0 aromatic heterocycles. The van der Waals surface area contributed by atoms with E-state index in [9.17, 15) is 13.2 Å². The highest BCUT2D eigenvalue weighted by atomic mass is 35.5. The van der Waals surface area contributed by atoms with Gasteiger partial charge >= 0.3 is 6.18 Å². The van der Waals surface area contributed by atoms with Crippen LogP contribution in [0.2, 0.25) is 0 Å². The smallest absolute Gasteiger partial charge is 0.296 e. The van der Waals surface area contributed by atoms with Crippen LogP contribution in [0.1, 0.15) is 30.0 Å². The molecule has 0 saturated carbocycles. The van der Waals surface area contributed by atoms with Crippen molar-refractivity contribution in [2.75, 3.05) is 13.1 Å². The number of halogens is 4. The lowest BCUT2D eigenvalue weighted by atomic mass is 9.96. The molecule has 0 amide bonds. The van der Waals surface area contributed by atoms with Crippen molar-refractivity contribution in [2.45, 2.75) is 32.0 Å². The number of alkyl halides is 3. The lowest BCUT2D eigenvalue weighted by molar-refractivity contribution is -0.137. The van der Waals surface area contributed by atoms with Gasteiger partial charge in [-0.05, 0) is 59.4 Å². The van der Waals surface area contributed by atoms with Crippen LogP contribution in [-0.2, 0) is 12.6 Å². The summed E-state index contributed by atoms with van der Waals surface area (Å²) in [5, 5.41) is 2.50. The maximum Gasteiger partial charge on any atom is 0.416 e. The summed E-state index contributed by atoms with van der Waals surface area (Å²) in [6, 6.07) is 21.0. The van der Waals surface area contributed by atoms with E-state index in [0.717, 1.165) is 37.6 Å². The number of rotatable bonds is 4. The number of fused-ring (bicyclic) bond motifs is 1. The molecule has 0 spiro atoms. The van der Waals surface area contributed by atoms with E-state index >= 15 is 0 Å². The zero-order valence-corrected chi connectivity index (χ0v) is 17.6. The first-order valence-corrected chi connectivity index (χ1v) is 9.98. The summed E-state index contributed by atoms with van der Waals surface area (Å²) in [6.07, 6.45) is -0.498. The van der Waals surface area contributed by atoms with Gasteiger partial charge < -0.3 is 0 Å². The number of hydrogen-bond donors (Lipinski definition) is 0. The van der Waals surface area contributed by atoms with Crippen molar-refractivity contribution in [1.82, 2.24) is 4.90 Å². The maximum atomic E-state index is 13.0. The molecular weight excluding hydrogens is 407 g/mol.